The normalized spacial score (nSPS) is 11.8. The molecular formula is C12H12ClFN2O2S2. The summed E-state index contributed by atoms with van der Waals surface area (Å²) in [6, 6.07) is 7.24. The fraction of sp³-hybridized carbons (Fsp3) is 0.167. The third-order valence-corrected chi connectivity index (χ3v) is 5.84. The predicted molar refractivity (Wildman–Crippen MR) is 77.6 cm³/mol. The van der Waals surface area contributed by atoms with Crippen LogP contribution < -0.4 is 10.5 Å². The number of nitrogens with two attached hydrogens (primary N) is 1. The minimum Gasteiger partial charge on any atom is -0.326 e. The zero-order chi connectivity index (χ0) is 14.8. The SMILES string of the molecule is NCc1ccc(S(=O)(=O)NCc2ccc(F)c(Cl)c2)s1. The van der Waals surface area contributed by atoms with Gasteiger partial charge in [-0.25, -0.2) is 17.5 Å². The van der Waals surface area contributed by atoms with E-state index in [0.717, 1.165) is 16.2 Å². The Balaban J connectivity index is 2.10. The van der Waals surface area contributed by atoms with E-state index in [-0.39, 0.29) is 15.8 Å². The molecule has 8 heteroatoms. The Morgan fingerprint density at radius 1 is 1.30 bits per heavy atom. The molecule has 0 atom stereocenters. The predicted octanol–water partition coefficient (Wildman–Crippen LogP) is 2.48. The number of hydrogen-bond acceptors (Lipinski definition) is 4. The maximum atomic E-state index is 13.0. The van der Waals surface area contributed by atoms with Crippen LogP contribution in [0.25, 0.3) is 0 Å². The molecule has 1 heterocycles. The van der Waals surface area contributed by atoms with Gasteiger partial charge in [-0.1, -0.05) is 17.7 Å². The van der Waals surface area contributed by atoms with Crippen molar-refractivity contribution in [2.45, 2.75) is 17.3 Å². The summed E-state index contributed by atoms with van der Waals surface area (Å²) < 4.78 is 39.7. The Kier molecular flexibility index (Phi) is 4.77. The summed E-state index contributed by atoms with van der Waals surface area (Å²) in [4.78, 5) is 0.787. The van der Waals surface area contributed by atoms with Gasteiger partial charge in [-0.3, -0.25) is 0 Å². The molecule has 0 radical (unpaired) electrons. The van der Waals surface area contributed by atoms with Crippen molar-refractivity contribution in [3.05, 3.63) is 51.6 Å². The van der Waals surface area contributed by atoms with Gasteiger partial charge in [0.25, 0.3) is 0 Å². The number of halogens is 2. The second-order valence-corrected chi connectivity index (χ2v) is 7.57. The lowest BCUT2D eigenvalue weighted by molar-refractivity contribution is 0.583. The summed E-state index contributed by atoms with van der Waals surface area (Å²) in [5.74, 6) is -0.538. The topological polar surface area (TPSA) is 72.2 Å². The van der Waals surface area contributed by atoms with E-state index in [2.05, 4.69) is 4.72 Å². The highest BCUT2D eigenvalue weighted by molar-refractivity contribution is 7.91. The summed E-state index contributed by atoms with van der Waals surface area (Å²) in [5, 5.41) is -0.0387. The van der Waals surface area contributed by atoms with Crippen molar-refractivity contribution in [2.24, 2.45) is 5.73 Å². The van der Waals surface area contributed by atoms with E-state index in [9.17, 15) is 12.8 Å². The maximum Gasteiger partial charge on any atom is 0.250 e. The van der Waals surface area contributed by atoms with Gasteiger partial charge in [0.2, 0.25) is 10.0 Å². The smallest absolute Gasteiger partial charge is 0.250 e. The molecule has 0 spiro atoms. The van der Waals surface area contributed by atoms with Gasteiger partial charge in [-0.15, -0.1) is 11.3 Å². The number of hydrogen-bond donors (Lipinski definition) is 2. The van der Waals surface area contributed by atoms with Crippen LogP contribution in [0.3, 0.4) is 0 Å². The van der Waals surface area contributed by atoms with Crippen LogP contribution in [-0.2, 0) is 23.1 Å². The van der Waals surface area contributed by atoms with Crippen LogP contribution in [0.15, 0.2) is 34.5 Å². The average molecular weight is 335 g/mol. The first-order chi connectivity index (χ1) is 9.42. The highest BCUT2D eigenvalue weighted by Crippen LogP contribution is 2.21. The number of sulfonamides is 1. The van der Waals surface area contributed by atoms with Crippen LogP contribution >= 0.6 is 22.9 Å². The fourth-order valence-electron chi connectivity index (χ4n) is 1.51. The van der Waals surface area contributed by atoms with E-state index in [1.165, 1.54) is 24.3 Å². The molecule has 0 aliphatic heterocycles. The van der Waals surface area contributed by atoms with Crippen molar-refractivity contribution in [1.82, 2.24) is 4.72 Å². The quantitative estimate of drug-likeness (QED) is 0.882. The second-order valence-electron chi connectivity index (χ2n) is 4.00. The molecule has 1 aromatic heterocycles. The lowest BCUT2D eigenvalue weighted by atomic mass is 10.2. The van der Waals surface area contributed by atoms with E-state index in [1.54, 1.807) is 6.07 Å². The molecule has 108 valence electrons. The molecule has 0 fully saturated rings. The molecule has 2 rings (SSSR count). The second kappa shape index (κ2) is 6.19. The Hall–Kier alpha value is -0.990. The van der Waals surface area contributed by atoms with Crippen LogP contribution in [0.1, 0.15) is 10.4 Å². The lowest BCUT2D eigenvalue weighted by Crippen LogP contribution is -2.22. The molecule has 3 N–H and O–H groups in total. The van der Waals surface area contributed by atoms with Gasteiger partial charge < -0.3 is 5.73 Å². The molecule has 2 aromatic rings. The molecule has 0 unspecified atom stereocenters. The molecule has 0 amide bonds. The lowest BCUT2D eigenvalue weighted by Gasteiger charge is -2.05. The first-order valence-electron chi connectivity index (χ1n) is 5.65. The van der Waals surface area contributed by atoms with Crippen molar-refractivity contribution >= 4 is 33.0 Å². The van der Waals surface area contributed by atoms with E-state index >= 15 is 0 Å². The van der Waals surface area contributed by atoms with Crippen molar-refractivity contribution < 1.29 is 12.8 Å². The summed E-state index contributed by atoms with van der Waals surface area (Å²) >= 11 is 6.76. The van der Waals surface area contributed by atoms with Crippen LogP contribution in [-0.4, -0.2) is 8.42 Å². The van der Waals surface area contributed by atoms with Crippen molar-refractivity contribution in [3.8, 4) is 0 Å². The summed E-state index contributed by atoms with van der Waals surface area (Å²) in [6.45, 7) is 0.339. The standard InChI is InChI=1S/C12H12ClFN2O2S2/c13-10-5-8(1-3-11(10)14)7-16-20(17,18)12-4-2-9(6-15)19-12/h1-5,16H,6-7,15H2. The van der Waals surface area contributed by atoms with E-state index in [0.29, 0.717) is 12.1 Å². The Morgan fingerprint density at radius 2 is 2.05 bits per heavy atom. The summed E-state index contributed by atoms with van der Waals surface area (Å²) in [7, 11) is -3.59. The van der Waals surface area contributed by atoms with Crippen molar-refractivity contribution in [1.29, 1.82) is 0 Å². The van der Waals surface area contributed by atoms with E-state index in [1.807, 2.05) is 0 Å². The Morgan fingerprint density at radius 3 is 2.65 bits per heavy atom. The van der Waals surface area contributed by atoms with Crippen LogP contribution in [0.5, 0.6) is 0 Å². The third kappa shape index (κ3) is 3.56. The van der Waals surface area contributed by atoms with E-state index in [4.69, 9.17) is 17.3 Å². The first-order valence-corrected chi connectivity index (χ1v) is 8.32. The number of rotatable bonds is 5. The molecular weight excluding hydrogens is 323 g/mol. The Labute approximate surface area is 125 Å². The fourth-order valence-corrected chi connectivity index (χ4v) is 4.01. The zero-order valence-corrected chi connectivity index (χ0v) is 12.7. The molecule has 1 aromatic carbocycles. The molecule has 0 aliphatic carbocycles. The highest BCUT2D eigenvalue weighted by Gasteiger charge is 2.16. The Bertz CT molecular complexity index is 716. The molecule has 0 saturated heterocycles. The summed E-state index contributed by atoms with van der Waals surface area (Å²) in [6.07, 6.45) is 0. The van der Waals surface area contributed by atoms with Crippen molar-refractivity contribution in [3.63, 3.8) is 0 Å². The van der Waals surface area contributed by atoms with Gasteiger partial charge in [0.05, 0.1) is 5.02 Å². The van der Waals surface area contributed by atoms with Crippen LogP contribution in [0.2, 0.25) is 5.02 Å². The maximum absolute atomic E-state index is 13.0. The molecule has 20 heavy (non-hydrogen) atoms. The van der Waals surface area contributed by atoms with Gasteiger partial charge in [0, 0.05) is 18.0 Å². The van der Waals surface area contributed by atoms with Crippen molar-refractivity contribution in [2.75, 3.05) is 0 Å². The van der Waals surface area contributed by atoms with Crippen LogP contribution in [0.4, 0.5) is 4.39 Å². The molecule has 4 nitrogen and oxygen atoms in total. The van der Waals surface area contributed by atoms with Gasteiger partial charge >= 0.3 is 0 Å². The number of thiophene rings is 1. The zero-order valence-electron chi connectivity index (χ0n) is 10.3. The minimum atomic E-state index is -3.59. The van der Waals surface area contributed by atoms with E-state index < -0.39 is 15.8 Å². The largest absolute Gasteiger partial charge is 0.326 e. The average Bonchev–Trinajstić information content (AvgIpc) is 2.90. The van der Waals surface area contributed by atoms with Gasteiger partial charge in [0.15, 0.2) is 0 Å². The third-order valence-electron chi connectivity index (χ3n) is 2.55. The van der Waals surface area contributed by atoms with Gasteiger partial charge in [0.1, 0.15) is 10.0 Å². The molecule has 0 saturated carbocycles. The van der Waals surface area contributed by atoms with Gasteiger partial charge in [-0.05, 0) is 29.8 Å². The monoisotopic (exact) mass is 334 g/mol. The molecule has 0 aliphatic rings. The minimum absolute atomic E-state index is 0.0387. The number of benzene rings is 1. The summed E-state index contributed by atoms with van der Waals surface area (Å²) in [5.41, 5.74) is 6.03. The highest BCUT2D eigenvalue weighted by atomic mass is 35.5. The molecule has 0 bridgehead atoms. The first kappa shape index (κ1) is 15.4. The van der Waals surface area contributed by atoms with Crippen LogP contribution in [0, 0.1) is 5.82 Å². The van der Waals surface area contributed by atoms with Gasteiger partial charge in [-0.2, -0.15) is 0 Å². The number of nitrogens with one attached hydrogen (secondary N) is 1.